The molecule has 1 amide bonds. The predicted octanol–water partition coefficient (Wildman–Crippen LogP) is 3.44. The van der Waals surface area contributed by atoms with E-state index in [0.717, 1.165) is 6.42 Å². The van der Waals surface area contributed by atoms with Gasteiger partial charge in [0.1, 0.15) is 0 Å². The largest absolute Gasteiger partial charge is 0.478 e. The van der Waals surface area contributed by atoms with Crippen LogP contribution < -0.4 is 5.32 Å². The highest BCUT2D eigenvalue weighted by Crippen LogP contribution is 2.24. The van der Waals surface area contributed by atoms with Gasteiger partial charge in [0.2, 0.25) is 5.91 Å². The standard InChI is InChI=1S/C14H18ClNO3S/c1-4-14(2,3)16-12(17)8-20-9-5-6-11(15)10(7-9)13(18)19/h5-7H,4,8H2,1-3H3,(H,16,17)(H,18,19). The van der Waals surface area contributed by atoms with Crippen LogP contribution >= 0.6 is 23.4 Å². The fourth-order valence-electron chi connectivity index (χ4n) is 1.41. The number of halogens is 1. The van der Waals surface area contributed by atoms with Crippen molar-refractivity contribution in [3.63, 3.8) is 0 Å². The zero-order valence-electron chi connectivity index (χ0n) is 11.7. The lowest BCUT2D eigenvalue weighted by Crippen LogP contribution is -2.43. The maximum Gasteiger partial charge on any atom is 0.337 e. The van der Waals surface area contributed by atoms with Crippen molar-refractivity contribution in [2.24, 2.45) is 0 Å². The number of hydrogen-bond donors (Lipinski definition) is 2. The number of carboxylic acid groups (broad SMARTS) is 1. The molecular weight excluding hydrogens is 298 g/mol. The number of amides is 1. The molecule has 6 heteroatoms. The Morgan fingerprint density at radius 2 is 2.05 bits per heavy atom. The third kappa shape index (κ3) is 5.06. The molecule has 20 heavy (non-hydrogen) atoms. The van der Waals surface area contributed by atoms with E-state index in [1.807, 2.05) is 20.8 Å². The van der Waals surface area contributed by atoms with Gasteiger partial charge in [0.15, 0.2) is 0 Å². The number of carbonyl (C=O) groups excluding carboxylic acids is 1. The Balaban J connectivity index is 2.64. The van der Waals surface area contributed by atoms with E-state index in [1.165, 1.54) is 23.9 Å². The molecule has 0 aliphatic rings. The van der Waals surface area contributed by atoms with E-state index in [-0.39, 0.29) is 27.8 Å². The van der Waals surface area contributed by atoms with Crippen molar-refractivity contribution in [3.8, 4) is 0 Å². The fraction of sp³-hybridized carbons (Fsp3) is 0.429. The predicted molar refractivity (Wildman–Crippen MR) is 81.6 cm³/mol. The van der Waals surface area contributed by atoms with Crippen molar-refractivity contribution >= 4 is 35.2 Å². The number of benzene rings is 1. The van der Waals surface area contributed by atoms with Crippen LogP contribution in [0.15, 0.2) is 23.1 Å². The lowest BCUT2D eigenvalue weighted by Gasteiger charge is -2.24. The van der Waals surface area contributed by atoms with E-state index in [4.69, 9.17) is 16.7 Å². The maximum atomic E-state index is 11.8. The zero-order chi connectivity index (χ0) is 15.3. The van der Waals surface area contributed by atoms with E-state index >= 15 is 0 Å². The first-order valence-corrected chi connectivity index (χ1v) is 7.58. The lowest BCUT2D eigenvalue weighted by molar-refractivity contribution is -0.120. The molecule has 0 radical (unpaired) electrons. The van der Waals surface area contributed by atoms with E-state index in [2.05, 4.69) is 5.32 Å². The van der Waals surface area contributed by atoms with Crippen LogP contribution in [-0.2, 0) is 4.79 Å². The number of aromatic carboxylic acids is 1. The van der Waals surface area contributed by atoms with Gasteiger partial charge in [-0.1, -0.05) is 18.5 Å². The Hall–Kier alpha value is -1.20. The van der Waals surface area contributed by atoms with Gasteiger partial charge in [0, 0.05) is 10.4 Å². The van der Waals surface area contributed by atoms with Crippen LogP contribution in [0.25, 0.3) is 0 Å². The molecule has 110 valence electrons. The molecule has 1 aromatic carbocycles. The van der Waals surface area contributed by atoms with Gasteiger partial charge >= 0.3 is 5.97 Å². The fourth-order valence-corrected chi connectivity index (χ4v) is 2.34. The van der Waals surface area contributed by atoms with Crippen LogP contribution in [-0.4, -0.2) is 28.3 Å². The molecule has 0 unspecified atom stereocenters. The first kappa shape index (κ1) is 16.9. The quantitative estimate of drug-likeness (QED) is 0.789. The van der Waals surface area contributed by atoms with Crippen LogP contribution in [0.1, 0.15) is 37.6 Å². The van der Waals surface area contributed by atoms with Gasteiger partial charge in [0.25, 0.3) is 0 Å². The Kier molecular flexibility index (Phi) is 5.89. The molecule has 0 bridgehead atoms. The van der Waals surface area contributed by atoms with Crippen molar-refractivity contribution in [1.29, 1.82) is 0 Å². The van der Waals surface area contributed by atoms with E-state index in [1.54, 1.807) is 6.07 Å². The van der Waals surface area contributed by atoms with Gasteiger partial charge in [-0.3, -0.25) is 4.79 Å². The molecule has 0 saturated carbocycles. The molecule has 0 aromatic heterocycles. The average molecular weight is 316 g/mol. The summed E-state index contributed by atoms with van der Waals surface area (Å²) in [4.78, 5) is 23.5. The van der Waals surface area contributed by atoms with E-state index in [9.17, 15) is 9.59 Å². The SMILES string of the molecule is CCC(C)(C)NC(=O)CSc1ccc(Cl)c(C(=O)O)c1. The summed E-state index contributed by atoms with van der Waals surface area (Å²) in [5, 5.41) is 12.1. The maximum absolute atomic E-state index is 11.8. The van der Waals surface area contributed by atoms with Gasteiger partial charge in [0.05, 0.1) is 16.3 Å². The number of carboxylic acids is 1. The monoisotopic (exact) mass is 315 g/mol. The first-order valence-electron chi connectivity index (χ1n) is 6.22. The highest BCUT2D eigenvalue weighted by atomic mass is 35.5. The third-order valence-corrected chi connectivity index (χ3v) is 4.22. The molecule has 0 aliphatic carbocycles. The van der Waals surface area contributed by atoms with Crippen LogP contribution in [0, 0.1) is 0 Å². The van der Waals surface area contributed by atoms with Crippen LogP contribution in [0.4, 0.5) is 0 Å². The molecule has 0 spiro atoms. The number of thioether (sulfide) groups is 1. The second kappa shape index (κ2) is 6.99. The molecule has 0 saturated heterocycles. The Morgan fingerprint density at radius 3 is 2.60 bits per heavy atom. The molecule has 0 heterocycles. The molecule has 4 nitrogen and oxygen atoms in total. The molecule has 1 aromatic rings. The van der Waals surface area contributed by atoms with Crippen molar-refractivity contribution in [2.75, 3.05) is 5.75 Å². The zero-order valence-corrected chi connectivity index (χ0v) is 13.3. The number of carbonyl (C=O) groups is 2. The summed E-state index contributed by atoms with van der Waals surface area (Å²) in [5.74, 6) is -0.910. The van der Waals surface area contributed by atoms with Crippen LogP contribution in [0.3, 0.4) is 0 Å². The van der Waals surface area contributed by atoms with Gasteiger partial charge in [-0.2, -0.15) is 0 Å². The summed E-state index contributed by atoms with van der Waals surface area (Å²) in [6.07, 6.45) is 0.841. The molecule has 0 aliphatic heterocycles. The van der Waals surface area contributed by atoms with Crippen molar-refractivity contribution in [2.45, 2.75) is 37.6 Å². The number of nitrogens with one attached hydrogen (secondary N) is 1. The lowest BCUT2D eigenvalue weighted by atomic mass is 10.0. The molecule has 2 N–H and O–H groups in total. The van der Waals surface area contributed by atoms with E-state index < -0.39 is 5.97 Å². The summed E-state index contributed by atoms with van der Waals surface area (Å²) in [7, 11) is 0. The summed E-state index contributed by atoms with van der Waals surface area (Å²) in [6.45, 7) is 5.92. The normalized spacial score (nSPS) is 11.2. The second-order valence-electron chi connectivity index (χ2n) is 5.02. The van der Waals surface area contributed by atoms with Gasteiger partial charge in [-0.15, -0.1) is 11.8 Å². The Bertz CT molecular complexity index is 517. The topological polar surface area (TPSA) is 66.4 Å². The molecule has 0 fully saturated rings. The summed E-state index contributed by atoms with van der Waals surface area (Å²) in [6, 6.07) is 4.71. The Labute approximate surface area is 127 Å². The highest BCUT2D eigenvalue weighted by molar-refractivity contribution is 8.00. The number of rotatable bonds is 6. The summed E-state index contributed by atoms with van der Waals surface area (Å²) >= 11 is 7.08. The summed E-state index contributed by atoms with van der Waals surface area (Å²) < 4.78 is 0. The summed E-state index contributed by atoms with van der Waals surface area (Å²) in [5.41, 5.74) is -0.185. The minimum Gasteiger partial charge on any atom is -0.478 e. The minimum atomic E-state index is -1.07. The first-order chi connectivity index (χ1) is 9.25. The minimum absolute atomic E-state index is 0.0472. The highest BCUT2D eigenvalue weighted by Gasteiger charge is 2.18. The van der Waals surface area contributed by atoms with Gasteiger partial charge < -0.3 is 10.4 Å². The average Bonchev–Trinajstić information content (AvgIpc) is 2.37. The van der Waals surface area contributed by atoms with Crippen LogP contribution in [0.2, 0.25) is 5.02 Å². The van der Waals surface area contributed by atoms with E-state index in [0.29, 0.717) is 4.90 Å². The van der Waals surface area contributed by atoms with Crippen molar-refractivity contribution in [1.82, 2.24) is 5.32 Å². The molecular formula is C14H18ClNO3S. The van der Waals surface area contributed by atoms with Gasteiger partial charge in [-0.25, -0.2) is 4.79 Å². The molecule has 0 atom stereocenters. The smallest absolute Gasteiger partial charge is 0.337 e. The third-order valence-electron chi connectivity index (χ3n) is 2.90. The Morgan fingerprint density at radius 1 is 1.40 bits per heavy atom. The molecule has 1 rings (SSSR count). The van der Waals surface area contributed by atoms with Gasteiger partial charge in [-0.05, 0) is 38.5 Å². The van der Waals surface area contributed by atoms with Crippen molar-refractivity contribution < 1.29 is 14.7 Å². The van der Waals surface area contributed by atoms with Crippen molar-refractivity contribution in [3.05, 3.63) is 28.8 Å². The second-order valence-corrected chi connectivity index (χ2v) is 6.48. The number of hydrogen-bond acceptors (Lipinski definition) is 3. The van der Waals surface area contributed by atoms with Crippen LogP contribution in [0.5, 0.6) is 0 Å².